The Hall–Kier alpha value is -1.70. The number of amides is 1. The van der Waals surface area contributed by atoms with Gasteiger partial charge in [-0.15, -0.1) is 0 Å². The molecule has 1 N–H and O–H groups in total. The predicted octanol–water partition coefficient (Wildman–Crippen LogP) is -0.629. The fourth-order valence-electron chi connectivity index (χ4n) is 2.85. The fraction of sp³-hybridized carbons (Fsp3) is 0.583. The van der Waals surface area contributed by atoms with Gasteiger partial charge in [-0.2, -0.15) is 0 Å². The molecule has 2 fully saturated rings. The third-order valence-electron chi connectivity index (χ3n) is 3.87. The third kappa shape index (κ3) is 2.13. The highest BCUT2D eigenvalue weighted by Crippen LogP contribution is 2.33. The van der Waals surface area contributed by atoms with Crippen molar-refractivity contribution in [1.29, 1.82) is 0 Å². The van der Waals surface area contributed by atoms with Crippen LogP contribution in [-0.4, -0.2) is 50.2 Å². The molecule has 2 aliphatic rings. The zero-order chi connectivity index (χ0) is 14.5. The minimum Gasteiger partial charge on any atom is -0.355 e. The molecule has 0 spiro atoms. The zero-order valence-electron chi connectivity index (χ0n) is 11.3. The van der Waals surface area contributed by atoms with E-state index < -0.39 is 9.84 Å². The first-order valence-electron chi connectivity index (χ1n) is 6.42. The highest BCUT2D eigenvalue weighted by molar-refractivity contribution is 7.90. The van der Waals surface area contributed by atoms with Crippen LogP contribution in [0.25, 0.3) is 0 Å². The monoisotopic (exact) mass is 296 g/mol. The summed E-state index contributed by atoms with van der Waals surface area (Å²) in [5.41, 5.74) is 0. The molecule has 3 rings (SSSR count). The molecule has 0 radical (unpaired) electrons. The Labute approximate surface area is 117 Å². The SMILES string of the molecule is Cc1ncc(S(C)(=O)=O)c(N2C[C@@H]3CNC(=O)[C@@H]3C2)n1. The Morgan fingerprint density at radius 1 is 1.40 bits per heavy atom. The molecule has 0 unspecified atom stereocenters. The van der Waals surface area contributed by atoms with E-state index in [4.69, 9.17) is 0 Å². The number of sulfone groups is 1. The number of fused-ring (bicyclic) bond motifs is 1. The first kappa shape index (κ1) is 13.3. The van der Waals surface area contributed by atoms with Crippen LogP contribution >= 0.6 is 0 Å². The topological polar surface area (TPSA) is 92.3 Å². The van der Waals surface area contributed by atoms with Crippen molar-refractivity contribution in [3.8, 4) is 0 Å². The molecule has 0 aliphatic carbocycles. The van der Waals surface area contributed by atoms with Crippen molar-refractivity contribution in [2.45, 2.75) is 11.8 Å². The predicted molar refractivity (Wildman–Crippen MR) is 72.1 cm³/mol. The lowest BCUT2D eigenvalue weighted by molar-refractivity contribution is -0.122. The molecular formula is C12H16N4O3S. The molecule has 1 amide bonds. The van der Waals surface area contributed by atoms with Gasteiger partial charge in [0.1, 0.15) is 10.7 Å². The first-order chi connectivity index (χ1) is 9.36. The van der Waals surface area contributed by atoms with E-state index in [0.29, 0.717) is 31.3 Å². The van der Waals surface area contributed by atoms with Gasteiger partial charge in [-0.3, -0.25) is 4.79 Å². The Kier molecular flexibility index (Phi) is 2.93. The maximum absolute atomic E-state index is 11.8. The molecule has 8 heteroatoms. The summed E-state index contributed by atoms with van der Waals surface area (Å²) in [5.74, 6) is 1.14. The second-order valence-corrected chi connectivity index (χ2v) is 7.38. The largest absolute Gasteiger partial charge is 0.355 e. The Morgan fingerprint density at radius 2 is 2.15 bits per heavy atom. The van der Waals surface area contributed by atoms with E-state index in [9.17, 15) is 13.2 Å². The summed E-state index contributed by atoms with van der Waals surface area (Å²) >= 11 is 0. The van der Waals surface area contributed by atoms with Gasteiger partial charge in [0.2, 0.25) is 5.91 Å². The number of carbonyl (C=O) groups is 1. The molecule has 1 aromatic heterocycles. The molecule has 0 aromatic carbocycles. The third-order valence-corrected chi connectivity index (χ3v) is 4.96. The second-order valence-electron chi connectivity index (χ2n) is 5.39. The maximum atomic E-state index is 11.8. The van der Waals surface area contributed by atoms with E-state index in [2.05, 4.69) is 15.3 Å². The van der Waals surface area contributed by atoms with E-state index >= 15 is 0 Å². The van der Waals surface area contributed by atoms with Gasteiger partial charge in [-0.25, -0.2) is 18.4 Å². The molecule has 20 heavy (non-hydrogen) atoms. The van der Waals surface area contributed by atoms with Crippen molar-refractivity contribution in [2.24, 2.45) is 11.8 Å². The van der Waals surface area contributed by atoms with Crippen molar-refractivity contribution < 1.29 is 13.2 Å². The van der Waals surface area contributed by atoms with Gasteiger partial charge < -0.3 is 10.2 Å². The molecule has 0 bridgehead atoms. The summed E-state index contributed by atoms with van der Waals surface area (Å²) < 4.78 is 23.7. The van der Waals surface area contributed by atoms with Crippen LogP contribution in [0.1, 0.15) is 5.82 Å². The number of anilines is 1. The maximum Gasteiger partial charge on any atom is 0.225 e. The number of aromatic nitrogens is 2. The van der Waals surface area contributed by atoms with Crippen LogP contribution in [0, 0.1) is 18.8 Å². The molecule has 108 valence electrons. The average Bonchev–Trinajstić information content (AvgIpc) is 2.90. The molecule has 7 nitrogen and oxygen atoms in total. The molecule has 1 aromatic rings. The Morgan fingerprint density at radius 3 is 2.80 bits per heavy atom. The standard InChI is InChI=1S/C12H16N4O3S/c1-7-13-4-10(20(2,18)19)11(15-7)16-5-8-3-14-12(17)9(8)6-16/h4,8-9H,3,5-6H2,1-2H3,(H,14,17)/t8-,9+/m0/s1. The normalized spacial score (nSPS) is 25.7. The lowest BCUT2D eigenvalue weighted by atomic mass is 10.0. The average molecular weight is 296 g/mol. The minimum absolute atomic E-state index is 0.0455. The van der Waals surface area contributed by atoms with E-state index in [-0.39, 0.29) is 22.6 Å². The highest BCUT2D eigenvalue weighted by atomic mass is 32.2. The van der Waals surface area contributed by atoms with Crippen molar-refractivity contribution in [3.63, 3.8) is 0 Å². The van der Waals surface area contributed by atoms with E-state index in [1.807, 2.05) is 4.90 Å². The molecule has 2 atom stereocenters. The smallest absolute Gasteiger partial charge is 0.225 e. The van der Waals surface area contributed by atoms with Crippen molar-refractivity contribution in [2.75, 3.05) is 30.8 Å². The zero-order valence-corrected chi connectivity index (χ0v) is 12.1. The number of hydrogen-bond acceptors (Lipinski definition) is 6. The fourth-order valence-corrected chi connectivity index (χ4v) is 3.60. The summed E-state index contributed by atoms with van der Waals surface area (Å²) in [5, 5.41) is 2.83. The number of nitrogens with one attached hydrogen (secondary N) is 1. The molecular weight excluding hydrogens is 280 g/mol. The van der Waals surface area contributed by atoms with Crippen LogP contribution in [-0.2, 0) is 14.6 Å². The lowest BCUT2D eigenvalue weighted by Gasteiger charge is -2.20. The summed E-state index contributed by atoms with van der Waals surface area (Å²) in [6.45, 7) is 3.52. The Bertz CT molecular complexity index is 673. The number of hydrogen-bond donors (Lipinski definition) is 1. The van der Waals surface area contributed by atoms with Crippen LogP contribution in [0.4, 0.5) is 5.82 Å². The van der Waals surface area contributed by atoms with Crippen LogP contribution in [0.2, 0.25) is 0 Å². The van der Waals surface area contributed by atoms with E-state index in [1.165, 1.54) is 6.20 Å². The van der Waals surface area contributed by atoms with Gasteiger partial charge in [0, 0.05) is 31.8 Å². The summed E-state index contributed by atoms with van der Waals surface area (Å²) in [6.07, 6.45) is 2.50. The number of carbonyl (C=O) groups excluding carboxylic acids is 1. The van der Waals surface area contributed by atoms with Crippen LogP contribution in [0.3, 0.4) is 0 Å². The summed E-state index contributed by atoms with van der Waals surface area (Å²) in [7, 11) is -3.39. The quantitative estimate of drug-likeness (QED) is 0.781. The van der Waals surface area contributed by atoms with Crippen molar-refractivity contribution in [1.82, 2.24) is 15.3 Å². The van der Waals surface area contributed by atoms with Gasteiger partial charge in [-0.05, 0) is 6.92 Å². The summed E-state index contributed by atoms with van der Waals surface area (Å²) in [4.78, 5) is 22.0. The van der Waals surface area contributed by atoms with Gasteiger partial charge in [-0.1, -0.05) is 0 Å². The number of rotatable bonds is 2. The lowest BCUT2D eigenvalue weighted by Crippen LogP contribution is -2.30. The van der Waals surface area contributed by atoms with Gasteiger partial charge in [0.15, 0.2) is 15.7 Å². The van der Waals surface area contributed by atoms with E-state index in [1.54, 1.807) is 6.92 Å². The van der Waals surface area contributed by atoms with Crippen LogP contribution in [0.15, 0.2) is 11.1 Å². The molecule has 3 heterocycles. The van der Waals surface area contributed by atoms with Crippen molar-refractivity contribution >= 4 is 21.6 Å². The minimum atomic E-state index is -3.39. The summed E-state index contributed by atoms with van der Waals surface area (Å²) in [6, 6.07) is 0. The Balaban J connectivity index is 1.99. The second kappa shape index (κ2) is 4.41. The number of nitrogens with zero attached hydrogens (tertiary/aromatic N) is 3. The van der Waals surface area contributed by atoms with Gasteiger partial charge in [0.05, 0.1) is 12.1 Å². The molecule has 2 saturated heterocycles. The van der Waals surface area contributed by atoms with Crippen molar-refractivity contribution in [3.05, 3.63) is 12.0 Å². The van der Waals surface area contributed by atoms with Crippen LogP contribution < -0.4 is 10.2 Å². The van der Waals surface area contributed by atoms with E-state index in [0.717, 1.165) is 6.26 Å². The molecule has 2 aliphatic heterocycles. The number of aryl methyl sites for hydroxylation is 1. The van der Waals surface area contributed by atoms with Gasteiger partial charge >= 0.3 is 0 Å². The van der Waals surface area contributed by atoms with Gasteiger partial charge in [0.25, 0.3) is 0 Å². The molecule has 0 saturated carbocycles. The highest BCUT2D eigenvalue weighted by Gasteiger charge is 2.43. The first-order valence-corrected chi connectivity index (χ1v) is 8.32. The van der Waals surface area contributed by atoms with Crippen LogP contribution in [0.5, 0.6) is 0 Å².